The summed E-state index contributed by atoms with van der Waals surface area (Å²) >= 11 is 0. The van der Waals surface area contributed by atoms with Gasteiger partial charge in [0.15, 0.2) is 5.89 Å². The molecule has 0 unspecified atom stereocenters. The normalized spacial score (nSPS) is 12.5. The first-order chi connectivity index (χ1) is 6.36. The van der Waals surface area contributed by atoms with Gasteiger partial charge in [-0.2, -0.15) is 0 Å². The van der Waals surface area contributed by atoms with Crippen molar-refractivity contribution in [1.82, 2.24) is 4.98 Å². The minimum atomic E-state index is 0.00530. The molecule has 0 spiro atoms. The third kappa shape index (κ3) is 2.15. The molecule has 0 atom stereocenters. The monoisotopic (exact) mass is 196 g/mol. The molecule has 0 aliphatic rings. The van der Waals surface area contributed by atoms with E-state index in [1.165, 1.54) is 0 Å². The summed E-state index contributed by atoms with van der Waals surface area (Å²) in [5, 5.41) is 0. The van der Waals surface area contributed by atoms with Crippen molar-refractivity contribution in [1.29, 1.82) is 0 Å². The van der Waals surface area contributed by atoms with Gasteiger partial charge in [0.2, 0.25) is 0 Å². The molecule has 0 radical (unpaired) electrons. The molecule has 80 valence electrons. The molecule has 1 aromatic heterocycles. The number of rotatable bonds is 2. The van der Waals surface area contributed by atoms with Crippen LogP contribution in [0.2, 0.25) is 0 Å². The molecule has 1 rings (SSSR count). The molecule has 1 heterocycles. The molecule has 2 N–H and O–H groups in total. The zero-order valence-corrected chi connectivity index (χ0v) is 9.72. The van der Waals surface area contributed by atoms with Crippen molar-refractivity contribution in [2.45, 2.75) is 52.5 Å². The molecule has 0 bridgehead atoms. The Balaban J connectivity index is 3.16. The predicted octanol–water partition coefficient (Wildman–Crippen LogP) is 2.55. The molecule has 0 amide bonds. The van der Waals surface area contributed by atoms with Gasteiger partial charge >= 0.3 is 0 Å². The summed E-state index contributed by atoms with van der Waals surface area (Å²) in [6.45, 7) is 10.9. The summed E-state index contributed by atoms with van der Waals surface area (Å²) in [6, 6.07) is 0. The number of hydrogen-bond donors (Lipinski definition) is 1. The number of hydrogen-bond acceptors (Lipinski definition) is 3. The first-order valence-corrected chi connectivity index (χ1v) is 5.06. The van der Waals surface area contributed by atoms with Crippen LogP contribution in [-0.2, 0) is 12.0 Å². The van der Waals surface area contributed by atoms with E-state index in [4.69, 9.17) is 10.2 Å². The van der Waals surface area contributed by atoms with Gasteiger partial charge in [-0.1, -0.05) is 34.6 Å². The van der Waals surface area contributed by atoms with E-state index in [9.17, 15) is 0 Å². The summed E-state index contributed by atoms with van der Waals surface area (Å²) in [5.74, 6) is 1.92. The molecule has 1 aromatic rings. The number of aromatic nitrogens is 1. The van der Waals surface area contributed by atoms with Crippen LogP contribution in [-0.4, -0.2) is 4.98 Å². The lowest BCUT2D eigenvalue weighted by Crippen LogP contribution is -2.15. The van der Waals surface area contributed by atoms with E-state index in [2.05, 4.69) is 39.6 Å². The Hall–Kier alpha value is -0.830. The minimum Gasteiger partial charge on any atom is -0.444 e. The molecular formula is C11H20N2O. The van der Waals surface area contributed by atoms with E-state index in [-0.39, 0.29) is 5.41 Å². The largest absolute Gasteiger partial charge is 0.444 e. The highest BCUT2D eigenvalue weighted by Gasteiger charge is 2.24. The Kier molecular flexibility index (Phi) is 3.00. The fourth-order valence-corrected chi connectivity index (χ4v) is 1.34. The van der Waals surface area contributed by atoms with E-state index < -0.39 is 0 Å². The van der Waals surface area contributed by atoms with Crippen LogP contribution in [0, 0.1) is 0 Å². The van der Waals surface area contributed by atoms with Crippen LogP contribution in [0.1, 0.15) is 57.9 Å². The topological polar surface area (TPSA) is 52.0 Å². The Morgan fingerprint density at radius 3 is 2.21 bits per heavy atom. The molecule has 0 aliphatic heterocycles. The van der Waals surface area contributed by atoms with E-state index in [0.29, 0.717) is 12.5 Å². The Labute approximate surface area is 85.7 Å². The van der Waals surface area contributed by atoms with Crippen molar-refractivity contribution in [2.75, 3.05) is 0 Å². The molecule has 14 heavy (non-hydrogen) atoms. The zero-order chi connectivity index (χ0) is 10.9. The minimum absolute atomic E-state index is 0.00530. The van der Waals surface area contributed by atoms with Gasteiger partial charge in [-0.05, 0) is 0 Å². The van der Waals surface area contributed by atoms with Crippen molar-refractivity contribution < 1.29 is 4.42 Å². The zero-order valence-electron chi connectivity index (χ0n) is 9.72. The Morgan fingerprint density at radius 2 is 1.93 bits per heavy atom. The van der Waals surface area contributed by atoms with Gasteiger partial charge in [0.05, 0.1) is 12.2 Å². The van der Waals surface area contributed by atoms with Gasteiger partial charge in [0.1, 0.15) is 5.76 Å². The molecule has 3 nitrogen and oxygen atoms in total. The van der Waals surface area contributed by atoms with Gasteiger partial charge in [0, 0.05) is 11.3 Å². The van der Waals surface area contributed by atoms with Gasteiger partial charge in [0.25, 0.3) is 0 Å². The summed E-state index contributed by atoms with van der Waals surface area (Å²) in [6.07, 6.45) is 0. The molecule has 0 fully saturated rings. The van der Waals surface area contributed by atoms with Crippen molar-refractivity contribution in [3.63, 3.8) is 0 Å². The third-order valence-corrected chi connectivity index (χ3v) is 2.10. The average Bonchev–Trinajstić information content (AvgIpc) is 2.46. The maximum absolute atomic E-state index is 5.63. The first kappa shape index (κ1) is 11.2. The fourth-order valence-electron chi connectivity index (χ4n) is 1.34. The number of oxazole rings is 1. The fraction of sp³-hybridized carbons (Fsp3) is 0.727. The lowest BCUT2D eigenvalue weighted by molar-refractivity contribution is 0.432. The molecule has 0 aromatic carbocycles. The summed E-state index contributed by atoms with van der Waals surface area (Å²) in [4.78, 5) is 4.51. The Bertz CT molecular complexity index is 308. The molecule has 0 aliphatic carbocycles. The van der Waals surface area contributed by atoms with Crippen molar-refractivity contribution in [3.05, 3.63) is 17.3 Å². The average molecular weight is 196 g/mol. The second kappa shape index (κ2) is 3.73. The Morgan fingerprint density at radius 1 is 1.36 bits per heavy atom. The van der Waals surface area contributed by atoms with Crippen LogP contribution in [0.3, 0.4) is 0 Å². The highest BCUT2D eigenvalue weighted by atomic mass is 16.4. The number of nitrogens with zero attached hydrogens (tertiary/aromatic N) is 1. The van der Waals surface area contributed by atoms with Crippen LogP contribution in [0.4, 0.5) is 0 Å². The quantitative estimate of drug-likeness (QED) is 0.790. The summed E-state index contributed by atoms with van der Waals surface area (Å²) in [7, 11) is 0. The maximum Gasteiger partial charge on any atom is 0.197 e. The van der Waals surface area contributed by atoms with Crippen LogP contribution < -0.4 is 5.73 Å². The van der Waals surface area contributed by atoms with Gasteiger partial charge in [-0.15, -0.1) is 0 Å². The van der Waals surface area contributed by atoms with Crippen LogP contribution in [0.25, 0.3) is 0 Å². The molecular weight excluding hydrogens is 176 g/mol. The number of nitrogens with two attached hydrogens (primary N) is 1. The van der Waals surface area contributed by atoms with Crippen molar-refractivity contribution >= 4 is 0 Å². The summed E-state index contributed by atoms with van der Waals surface area (Å²) in [5.41, 5.74) is 6.62. The van der Waals surface area contributed by atoms with E-state index in [0.717, 1.165) is 17.3 Å². The van der Waals surface area contributed by atoms with Crippen LogP contribution in [0.5, 0.6) is 0 Å². The van der Waals surface area contributed by atoms with Gasteiger partial charge < -0.3 is 10.2 Å². The van der Waals surface area contributed by atoms with E-state index in [1.54, 1.807) is 0 Å². The maximum atomic E-state index is 5.63. The highest BCUT2D eigenvalue weighted by molar-refractivity contribution is 5.19. The van der Waals surface area contributed by atoms with Crippen LogP contribution in [0.15, 0.2) is 4.42 Å². The van der Waals surface area contributed by atoms with Crippen LogP contribution >= 0.6 is 0 Å². The third-order valence-electron chi connectivity index (χ3n) is 2.10. The SMILES string of the molecule is CC(C)c1nc(C(C)(C)C)c(CN)o1. The predicted molar refractivity (Wildman–Crippen MR) is 57.2 cm³/mol. The van der Waals surface area contributed by atoms with Crippen molar-refractivity contribution in [2.24, 2.45) is 5.73 Å². The van der Waals surface area contributed by atoms with Gasteiger partial charge in [-0.25, -0.2) is 4.98 Å². The standard InChI is InChI=1S/C11H20N2O/c1-7(2)10-13-9(11(3,4)5)8(6-12)14-10/h7H,6,12H2,1-5H3. The van der Waals surface area contributed by atoms with E-state index in [1.807, 2.05) is 0 Å². The second-order valence-electron chi connectivity index (χ2n) is 4.93. The first-order valence-electron chi connectivity index (χ1n) is 5.06. The van der Waals surface area contributed by atoms with Crippen molar-refractivity contribution in [3.8, 4) is 0 Å². The molecule has 3 heteroatoms. The van der Waals surface area contributed by atoms with E-state index >= 15 is 0 Å². The smallest absolute Gasteiger partial charge is 0.197 e. The molecule has 0 saturated heterocycles. The molecule has 0 saturated carbocycles. The second-order valence-corrected chi connectivity index (χ2v) is 4.93. The highest BCUT2D eigenvalue weighted by Crippen LogP contribution is 2.27. The summed E-state index contributed by atoms with van der Waals surface area (Å²) < 4.78 is 5.62. The van der Waals surface area contributed by atoms with Gasteiger partial charge in [-0.3, -0.25) is 0 Å². The lowest BCUT2D eigenvalue weighted by Gasteiger charge is -2.15. The lowest BCUT2D eigenvalue weighted by atomic mass is 9.91.